The Morgan fingerprint density at radius 2 is 1.74 bits per heavy atom. The maximum Gasteiger partial charge on any atom is 0.237 e. The molecule has 112 valence electrons. The quantitative estimate of drug-likeness (QED) is 0.777. The Kier molecular flexibility index (Phi) is 4.65. The zero-order valence-electron chi connectivity index (χ0n) is 13.0. The maximum atomic E-state index is 11.2. The van der Waals surface area contributed by atoms with Gasteiger partial charge in [0.1, 0.15) is 0 Å². The van der Waals surface area contributed by atoms with Gasteiger partial charge in [-0.05, 0) is 54.0 Å². The number of nitrogens with two attached hydrogens (primary N) is 2. The summed E-state index contributed by atoms with van der Waals surface area (Å²) in [4.78, 5) is 13.5. The summed E-state index contributed by atoms with van der Waals surface area (Å²) in [6.07, 6.45) is 1.47. The first-order valence-electron chi connectivity index (χ1n) is 6.95. The third-order valence-electron chi connectivity index (χ3n) is 3.49. The van der Waals surface area contributed by atoms with Crippen LogP contribution in [0.15, 0.2) is 0 Å². The highest BCUT2D eigenvalue weighted by molar-refractivity contribution is 5.83. The molecular weight excluding hydrogens is 242 g/mol. The molecule has 1 unspecified atom stereocenters. The van der Waals surface area contributed by atoms with Crippen molar-refractivity contribution in [1.29, 1.82) is 0 Å². The minimum absolute atomic E-state index is 0.141. The summed E-state index contributed by atoms with van der Waals surface area (Å²) in [6, 6.07) is 0. The van der Waals surface area contributed by atoms with Crippen LogP contribution < -0.4 is 11.5 Å². The molecule has 1 aliphatic heterocycles. The van der Waals surface area contributed by atoms with Crippen molar-refractivity contribution in [3.8, 4) is 0 Å². The number of amides is 1. The van der Waals surface area contributed by atoms with E-state index in [9.17, 15) is 4.79 Å². The number of hydrogen-bond donors (Lipinski definition) is 2. The van der Waals surface area contributed by atoms with Crippen LogP contribution in [0, 0.1) is 0 Å². The molecule has 0 aromatic carbocycles. The Balaban J connectivity index is 2.47. The standard InChI is InChI=1S/C14H29N3O2/c1-12(2)9-17(10-13(3,4)19-12)8-6-7-14(5,16)11(15)18/h6-10,16H2,1-5H3,(H2,15,18). The van der Waals surface area contributed by atoms with Crippen molar-refractivity contribution in [3.63, 3.8) is 0 Å². The van der Waals surface area contributed by atoms with Gasteiger partial charge in [-0.3, -0.25) is 9.69 Å². The molecule has 0 radical (unpaired) electrons. The van der Waals surface area contributed by atoms with E-state index in [4.69, 9.17) is 16.2 Å². The van der Waals surface area contributed by atoms with E-state index in [0.717, 1.165) is 26.1 Å². The highest BCUT2D eigenvalue weighted by Crippen LogP contribution is 2.28. The Hall–Kier alpha value is -0.650. The van der Waals surface area contributed by atoms with Crippen molar-refractivity contribution in [2.24, 2.45) is 11.5 Å². The van der Waals surface area contributed by atoms with Gasteiger partial charge in [0.15, 0.2) is 0 Å². The van der Waals surface area contributed by atoms with Crippen molar-refractivity contribution >= 4 is 5.91 Å². The fraction of sp³-hybridized carbons (Fsp3) is 0.929. The van der Waals surface area contributed by atoms with Crippen LogP contribution >= 0.6 is 0 Å². The lowest BCUT2D eigenvalue weighted by molar-refractivity contribution is -0.180. The van der Waals surface area contributed by atoms with E-state index in [1.54, 1.807) is 6.92 Å². The minimum atomic E-state index is -0.905. The predicted molar refractivity (Wildman–Crippen MR) is 76.7 cm³/mol. The molecule has 1 heterocycles. The van der Waals surface area contributed by atoms with Gasteiger partial charge < -0.3 is 16.2 Å². The first-order valence-corrected chi connectivity index (χ1v) is 6.95. The van der Waals surface area contributed by atoms with Crippen LogP contribution in [0.25, 0.3) is 0 Å². The molecule has 0 saturated carbocycles. The van der Waals surface area contributed by atoms with Crippen LogP contribution in [0.3, 0.4) is 0 Å². The summed E-state index contributed by atoms with van der Waals surface area (Å²) in [6.45, 7) is 12.8. The SMILES string of the molecule is CC1(C)CN(CCCC(C)(N)C(N)=O)CC(C)(C)O1. The normalized spacial score (nSPS) is 25.8. The summed E-state index contributed by atoms with van der Waals surface area (Å²) in [5, 5.41) is 0. The Morgan fingerprint density at radius 3 is 2.16 bits per heavy atom. The molecule has 1 atom stereocenters. The lowest BCUT2D eigenvalue weighted by Gasteiger charge is -2.47. The van der Waals surface area contributed by atoms with Gasteiger partial charge in [0.2, 0.25) is 5.91 Å². The summed E-state index contributed by atoms with van der Waals surface area (Å²) in [5.41, 5.74) is 9.95. The number of primary amides is 1. The molecule has 0 aliphatic carbocycles. The van der Waals surface area contributed by atoms with Crippen molar-refractivity contribution in [3.05, 3.63) is 0 Å². The smallest absolute Gasteiger partial charge is 0.237 e. The molecular formula is C14H29N3O2. The number of carbonyl (C=O) groups excluding carboxylic acids is 1. The third-order valence-corrected chi connectivity index (χ3v) is 3.49. The number of rotatable bonds is 5. The number of ether oxygens (including phenoxy) is 1. The van der Waals surface area contributed by atoms with Crippen molar-refractivity contribution < 1.29 is 9.53 Å². The molecule has 1 fully saturated rings. The van der Waals surface area contributed by atoms with Crippen LogP contribution in [-0.2, 0) is 9.53 Å². The largest absolute Gasteiger partial charge is 0.368 e. The van der Waals surface area contributed by atoms with E-state index in [0.29, 0.717) is 6.42 Å². The number of nitrogens with zero attached hydrogens (tertiary/aromatic N) is 1. The van der Waals surface area contributed by atoms with Crippen molar-refractivity contribution in [2.45, 2.75) is 64.2 Å². The Morgan fingerprint density at radius 1 is 1.26 bits per heavy atom. The van der Waals surface area contributed by atoms with Gasteiger partial charge in [-0.15, -0.1) is 0 Å². The van der Waals surface area contributed by atoms with Crippen LogP contribution in [0.4, 0.5) is 0 Å². The molecule has 5 heteroatoms. The third kappa shape index (κ3) is 5.09. The number of hydrogen-bond acceptors (Lipinski definition) is 4. The lowest BCUT2D eigenvalue weighted by atomic mass is 9.95. The Labute approximate surface area is 116 Å². The zero-order chi connectivity index (χ0) is 14.9. The Bertz CT molecular complexity index is 322. The van der Waals surface area contributed by atoms with Crippen LogP contribution in [-0.4, -0.2) is 47.2 Å². The maximum absolute atomic E-state index is 11.2. The molecule has 1 amide bonds. The highest BCUT2D eigenvalue weighted by Gasteiger charge is 2.38. The van der Waals surface area contributed by atoms with Gasteiger partial charge in [-0.2, -0.15) is 0 Å². The first kappa shape index (κ1) is 16.4. The van der Waals surface area contributed by atoms with Crippen molar-refractivity contribution in [2.75, 3.05) is 19.6 Å². The van der Waals surface area contributed by atoms with Gasteiger partial charge in [0.05, 0.1) is 16.7 Å². The second kappa shape index (κ2) is 5.38. The number of carbonyl (C=O) groups is 1. The molecule has 19 heavy (non-hydrogen) atoms. The van der Waals surface area contributed by atoms with E-state index in [1.165, 1.54) is 0 Å². The molecule has 1 saturated heterocycles. The summed E-state index contributed by atoms with van der Waals surface area (Å²) < 4.78 is 6.04. The monoisotopic (exact) mass is 271 g/mol. The van der Waals surface area contributed by atoms with Gasteiger partial charge >= 0.3 is 0 Å². The summed E-state index contributed by atoms with van der Waals surface area (Å²) in [7, 11) is 0. The average Bonchev–Trinajstić information content (AvgIpc) is 2.11. The molecule has 0 aromatic heterocycles. The molecule has 0 spiro atoms. The lowest BCUT2D eigenvalue weighted by Crippen LogP contribution is -2.57. The van der Waals surface area contributed by atoms with Crippen LogP contribution in [0.1, 0.15) is 47.5 Å². The average molecular weight is 271 g/mol. The van der Waals surface area contributed by atoms with E-state index < -0.39 is 11.4 Å². The van der Waals surface area contributed by atoms with E-state index in [-0.39, 0.29) is 11.2 Å². The molecule has 5 nitrogen and oxygen atoms in total. The highest BCUT2D eigenvalue weighted by atomic mass is 16.5. The van der Waals surface area contributed by atoms with E-state index in [1.807, 2.05) is 0 Å². The summed E-state index contributed by atoms with van der Waals surface area (Å²) in [5.74, 6) is -0.435. The van der Waals surface area contributed by atoms with Gasteiger partial charge in [-0.25, -0.2) is 0 Å². The summed E-state index contributed by atoms with van der Waals surface area (Å²) >= 11 is 0. The minimum Gasteiger partial charge on any atom is -0.368 e. The van der Waals surface area contributed by atoms with Gasteiger partial charge in [0, 0.05) is 13.1 Å². The molecule has 0 bridgehead atoms. The second-order valence-corrected chi connectivity index (χ2v) is 7.22. The molecule has 1 rings (SSSR count). The van der Waals surface area contributed by atoms with Gasteiger partial charge in [0.25, 0.3) is 0 Å². The van der Waals surface area contributed by atoms with E-state index >= 15 is 0 Å². The van der Waals surface area contributed by atoms with E-state index in [2.05, 4.69) is 32.6 Å². The zero-order valence-corrected chi connectivity index (χ0v) is 13.0. The predicted octanol–water partition coefficient (Wildman–Crippen LogP) is 0.859. The number of morpholine rings is 1. The molecule has 0 aromatic rings. The molecule has 1 aliphatic rings. The first-order chi connectivity index (χ1) is 8.44. The fourth-order valence-corrected chi connectivity index (χ4v) is 2.90. The van der Waals surface area contributed by atoms with Crippen LogP contribution in [0.5, 0.6) is 0 Å². The molecule has 4 N–H and O–H groups in total. The fourth-order valence-electron chi connectivity index (χ4n) is 2.90. The second-order valence-electron chi connectivity index (χ2n) is 7.22. The van der Waals surface area contributed by atoms with Gasteiger partial charge in [-0.1, -0.05) is 0 Å². The van der Waals surface area contributed by atoms with Crippen molar-refractivity contribution in [1.82, 2.24) is 4.90 Å². The topological polar surface area (TPSA) is 81.6 Å². The van der Waals surface area contributed by atoms with Crippen LogP contribution in [0.2, 0.25) is 0 Å².